The Morgan fingerprint density at radius 2 is 1.79 bits per heavy atom. The van der Waals surface area contributed by atoms with Crippen LogP contribution in [-0.2, 0) is 13.2 Å². The molecule has 0 bridgehead atoms. The Morgan fingerprint density at radius 3 is 2.38 bits per heavy atom. The standard InChI is InChI=1S/C17H14ClN3O3/c18-16-15(11-22)20(10-12-4-2-1-3-5-12)17(19-16)13-6-8-14(9-7-13)21(23)24/h1-9,22H,10-11H2. The highest BCUT2D eigenvalue weighted by atomic mass is 35.5. The lowest BCUT2D eigenvalue weighted by molar-refractivity contribution is -0.384. The fourth-order valence-corrected chi connectivity index (χ4v) is 2.74. The van der Waals surface area contributed by atoms with Crippen molar-refractivity contribution in [1.82, 2.24) is 9.55 Å². The number of non-ortho nitro benzene ring substituents is 1. The molecule has 7 heteroatoms. The molecule has 2 aromatic carbocycles. The van der Waals surface area contributed by atoms with E-state index in [1.54, 1.807) is 12.1 Å². The van der Waals surface area contributed by atoms with Crippen LogP contribution in [0.4, 0.5) is 5.69 Å². The first kappa shape index (κ1) is 16.2. The highest BCUT2D eigenvalue weighted by Crippen LogP contribution is 2.28. The molecule has 0 amide bonds. The monoisotopic (exact) mass is 343 g/mol. The maximum Gasteiger partial charge on any atom is 0.269 e. The minimum atomic E-state index is -0.452. The summed E-state index contributed by atoms with van der Waals surface area (Å²) in [5.41, 5.74) is 2.24. The van der Waals surface area contributed by atoms with Gasteiger partial charge >= 0.3 is 0 Å². The number of hydrogen-bond acceptors (Lipinski definition) is 4. The van der Waals surface area contributed by atoms with E-state index in [2.05, 4.69) is 4.98 Å². The van der Waals surface area contributed by atoms with Crippen LogP contribution in [0.15, 0.2) is 54.6 Å². The summed E-state index contributed by atoms with van der Waals surface area (Å²) in [5.74, 6) is 0.558. The van der Waals surface area contributed by atoms with Gasteiger partial charge in [0.15, 0.2) is 5.15 Å². The molecule has 3 aromatic rings. The normalized spacial score (nSPS) is 10.8. The van der Waals surface area contributed by atoms with E-state index >= 15 is 0 Å². The maximum atomic E-state index is 10.8. The lowest BCUT2D eigenvalue weighted by Gasteiger charge is -2.11. The summed E-state index contributed by atoms with van der Waals surface area (Å²) < 4.78 is 1.82. The number of benzene rings is 2. The van der Waals surface area contributed by atoms with Crippen molar-refractivity contribution in [3.63, 3.8) is 0 Å². The van der Waals surface area contributed by atoms with Crippen LogP contribution in [0, 0.1) is 10.1 Å². The van der Waals surface area contributed by atoms with Crippen molar-refractivity contribution >= 4 is 17.3 Å². The van der Waals surface area contributed by atoms with Crippen molar-refractivity contribution in [2.45, 2.75) is 13.2 Å². The van der Waals surface area contributed by atoms with Crippen LogP contribution in [0.25, 0.3) is 11.4 Å². The van der Waals surface area contributed by atoms with Gasteiger partial charge in [-0.1, -0.05) is 41.9 Å². The van der Waals surface area contributed by atoms with Crippen molar-refractivity contribution in [3.8, 4) is 11.4 Å². The molecule has 0 saturated carbocycles. The Labute approximate surface area is 143 Å². The summed E-state index contributed by atoms with van der Waals surface area (Å²) in [4.78, 5) is 14.7. The van der Waals surface area contributed by atoms with E-state index in [1.165, 1.54) is 12.1 Å². The highest BCUT2D eigenvalue weighted by molar-refractivity contribution is 6.30. The molecule has 0 aliphatic rings. The Bertz CT molecular complexity index is 861. The van der Waals surface area contributed by atoms with Gasteiger partial charge in [0.05, 0.1) is 17.2 Å². The third kappa shape index (κ3) is 3.15. The number of aliphatic hydroxyl groups excluding tert-OH is 1. The van der Waals surface area contributed by atoms with Gasteiger partial charge in [-0.3, -0.25) is 10.1 Å². The smallest absolute Gasteiger partial charge is 0.269 e. The van der Waals surface area contributed by atoms with Gasteiger partial charge in [0.2, 0.25) is 0 Å². The van der Waals surface area contributed by atoms with E-state index in [1.807, 2.05) is 34.9 Å². The van der Waals surface area contributed by atoms with E-state index in [4.69, 9.17) is 11.6 Å². The molecule has 0 aliphatic carbocycles. The number of nitro benzene ring substituents is 1. The van der Waals surface area contributed by atoms with Gasteiger partial charge in [-0.25, -0.2) is 4.98 Å². The molecule has 1 aromatic heterocycles. The number of imidazole rings is 1. The molecule has 1 N–H and O–H groups in total. The molecule has 0 unspecified atom stereocenters. The average Bonchev–Trinajstić information content (AvgIpc) is 2.91. The van der Waals surface area contributed by atoms with Crippen LogP contribution >= 0.6 is 11.6 Å². The maximum absolute atomic E-state index is 10.8. The molecular formula is C17H14ClN3O3. The predicted octanol–water partition coefficient (Wildman–Crippen LogP) is 3.65. The zero-order chi connectivity index (χ0) is 17.1. The van der Waals surface area contributed by atoms with Crippen molar-refractivity contribution < 1.29 is 10.0 Å². The number of aromatic nitrogens is 2. The van der Waals surface area contributed by atoms with Crippen LogP contribution in [0.1, 0.15) is 11.3 Å². The molecule has 0 spiro atoms. The number of nitro groups is 1. The fourth-order valence-electron chi connectivity index (χ4n) is 2.50. The average molecular weight is 344 g/mol. The molecular weight excluding hydrogens is 330 g/mol. The van der Waals surface area contributed by atoms with Crippen LogP contribution in [0.5, 0.6) is 0 Å². The van der Waals surface area contributed by atoms with E-state index < -0.39 is 4.92 Å². The molecule has 0 aliphatic heterocycles. The van der Waals surface area contributed by atoms with Gasteiger partial charge in [-0.15, -0.1) is 0 Å². The Kier molecular flexibility index (Phi) is 4.59. The van der Waals surface area contributed by atoms with E-state index in [0.717, 1.165) is 5.56 Å². The summed E-state index contributed by atoms with van der Waals surface area (Å²) >= 11 is 6.15. The van der Waals surface area contributed by atoms with Crippen LogP contribution in [0.3, 0.4) is 0 Å². The first-order valence-corrected chi connectivity index (χ1v) is 7.62. The van der Waals surface area contributed by atoms with Crippen molar-refractivity contribution in [1.29, 1.82) is 0 Å². The largest absolute Gasteiger partial charge is 0.390 e. The molecule has 24 heavy (non-hydrogen) atoms. The highest BCUT2D eigenvalue weighted by Gasteiger charge is 2.17. The van der Waals surface area contributed by atoms with Crippen LogP contribution in [-0.4, -0.2) is 19.6 Å². The first-order valence-electron chi connectivity index (χ1n) is 7.24. The minimum absolute atomic E-state index is 0.00777. The zero-order valence-electron chi connectivity index (χ0n) is 12.6. The molecule has 3 rings (SSSR count). The lowest BCUT2D eigenvalue weighted by Crippen LogP contribution is -2.06. The molecule has 122 valence electrons. The van der Waals surface area contributed by atoms with Gasteiger partial charge in [-0.2, -0.15) is 0 Å². The fraction of sp³-hybridized carbons (Fsp3) is 0.118. The van der Waals surface area contributed by atoms with E-state index in [9.17, 15) is 15.2 Å². The quantitative estimate of drug-likeness (QED) is 0.566. The van der Waals surface area contributed by atoms with E-state index in [-0.39, 0.29) is 17.4 Å². The van der Waals surface area contributed by atoms with Crippen molar-refractivity contribution in [2.75, 3.05) is 0 Å². The van der Waals surface area contributed by atoms with Gasteiger partial charge < -0.3 is 9.67 Å². The molecule has 0 saturated heterocycles. The zero-order valence-corrected chi connectivity index (χ0v) is 13.3. The van der Waals surface area contributed by atoms with Crippen molar-refractivity contribution in [2.24, 2.45) is 0 Å². The minimum Gasteiger partial charge on any atom is -0.390 e. The molecule has 0 fully saturated rings. The number of hydrogen-bond donors (Lipinski definition) is 1. The summed E-state index contributed by atoms with van der Waals surface area (Å²) in [6, 6.07) is 15.8. The Balaban J connectivity index is 2.05. The first-order chi connectivity index (χ1) is 11.6. The molecule has 0 radical (unpaired) electrons. The third-order valence-corrected chi connectivity index (χ3v) is 4.00. The summed E-state index contributed by atoms with van der Waals surface area (Å²) in [7, 11) is 0. The lowest BCUT2D eigenvalue weighted by atomic mass is 10.1. The number of halogens is 1. The second-order valence-corrected chi connectivity index (χ2v) is 5.56. The topological polar surface area (TPSA) is 81.2 Å². The number of nitrogens with zero attached hydrogens (tertiary/aromatic N) is 3. The molecule has 1 heterocycles. The Hall–Kier alpha value is -2.70. The van der Waals surface area contributed by atoms with Crippen molar-refractivity contribution in [3.05, 3.63) is 81.1 Å². The second-order valence-electron chi connectivity index (χ2n) is 5.21. The number of aliphatic hydroxyl groups is 1. The number of rotatable bonds is 5. The summed E-state index contributed by atoms with van der Waals surface area (Å²) in [6.07, 6.45) is 0. The predicted molar refractivity (Wildman–Crippen MR) is 90.8 cm³/mol. The molecule has 6 nitrogen and oxygen atoms in total. The third-order valence-electron chi connectivity index (χ3n) is 3.69. The van der Waals surface area contributed by atoms with E-state index in [0.29, 0.717) is 23.6 Å². The molecule has 0 atom stereocenters. The SMILES string of the molecule is O=[N+]([O-])c1ccc(-c2nc(Cl)c(CO)n2Cc2ccccc2)cc1. The second kappa shape index (κ2) is 6.82. The van der Waals surface area contributed by atoms with Gasteiger partial charge in [0.1, 0.15) is 5.82 Å². The van der Waals surface area contributed by atoms with Crippen LogP contribution in [0.2, 0.25) is 5.15 Å². The van der Waals surface area contributed by atoms with Gasteiger partial charge in [0.25, 0.3) is 5.69 Å². The van der Waals surface area contributed by atoms with Gasteiger partial charge in [-0.05, 0) is 17.7 Å². The summed E-state index contributed by atoms with van der Waals surface area (Å²) in [6.45, 7) is 0.244. The van der Waals surface area contributed by atoms with Gasteiger partial charge in [0, 0.05) is 24.2 Å². The Morgan fingerprint density at radius 1 is 1.12 bits per heavy atom. The van der Waals surface area contributed by atoms with Crippen LogP contribution < -0.4 is 0 Å². The summed E-state index contributed by atoms with van der Waals surface area (Å²) in [5, 5.41) is 20.6.